The first-order valence-corrected chi connectivity index (χ1v) is 7.39. The molecule has 1 saturated heterocycles. The van der Waals surface area contributed by atoms with Crippen LogP contribution in [0.5, 0.6) is 5.75 Å². The Morgan fingerprint density at radius 3 is 2.67 bits per heavy atom. The van der Waals surface area contributed by atoms with Crippen LogP contribution in [0, 0.1) is 0 Å². The molecular weight excluding hydrogens is 260 g/mol. The summed E-state index contributed by atoms with van der Waals surface area (Å²) < 4.78 is 11.0. The van der Waals surface area contributed by atoms with E-state index < -0.39 is 0 Å². The molecule has 0 saturated carbocycles. The Bertz CT molecular complexity index is 613. The first-order chi connectivity index (χ1) is 10.3. The first kappa shape index (κ1) is 13.9. The quantitative estimate of drug-likeness (QED) is 0.743. The van der Waals surface area contributed by atoms with Gasteiger partial charge in [-0.05, 0) is 36.6 Å². The maximum absolute atomic E-state index is 5.84. The van der Waals surface area contributed by atoms with Crippen molar-refractivity contribution in [2.24, 2.45) is 0 Å². The van der Waals surface area contributed by atoms with Crippen molar-refractivity contribution in [3.8, 4) is 5.75 Å². The largest absolute Gasteiger partial charge is 0.490 e. The lowest BCUT2D eigenvalue weighted by Gasteiger charge is -2.10. The van der Waals surface area contributed by atoms with Crippen molar-refractivity contribution in [3.05, 3.63) is 71.3 Å². The van der Waals surface area contributed by atoms with Crippen molar-refractivity contribution in [2.45, 2.75) is 19.4 Å². The summed E-state index contributed by atoms with van der Waals surface area (Å²) in [5.41, 5.74) is 3.75. The number of allylic oxidation sites excluding steroid dienone is 1. The number of ether oxygens (including phenoxy) is 2. The Kier molecular flexibility index (Phi) is 4.37. The molecule has 0 amide bonds. The summed E-state index contributed by atoms with van der Waals surface area (Å²) in [6.45, 7) is 3.49. The number of epoxide rings is 1. The van der Waals surface area contributed by atoms with E-state index in [1.54, 1.807) is 0 Å². The predicted octanol–water partition coefficient (Wildman–Crippen LogP) is 4.09. The van der Waals surface area contributed by atoms with E-state index >= 15 is 0 Å². The van der Waals surface area contributed by atoms with E-state index in [1.165, 1.54) is 11.1 Å². The van der Waals surface area contributed by atoms with Crippen LogP contribution in [0.3, 0.4) is 0 Å². The topological polar surface area (TPSA) is 21.8 Å². The molecular formula is C19H20O2. The Hall–Kier alpha value is -2.06. The molecule has 1 atom stereocenters. The van der Waals surface area contributed by atoms with Gasteiger partial charge in [0.25, 0.3) is 0 Å². The minimum Gasteiger partial charge on any atom is -0.490 e. The van der Waals surface area contributed by atoms with Crippen LogP contribution < -0.4 is 4.74 Å². The van der Waals surface area contributed by atoms with E-state index in [9.17, 15) is 0 Å². The second-order valence-corrected chi connectivity index (χ2v) is 5.30. The first-order valence-electron chi connectivity index (χ1n) is 7.39. The lowest BCUT2D eigenvalue weighted by atomic mass is 10.0. The van der Waals surface area contributed by atoms with Crippen LogP contribution in [0.25, 0.3) is 6.08 Å². The van der Waals surface area contributed by atoms with Gasteiger partial charge in [0.1, 0.15) is 18.5 Å². The van der Waals surface area contributed by atoms with Gasteiger partial charge in [0.15, 0.2) is 0 Å². The van der Waals surface area contributed by atoms with E-state index in [4.69, 9.17) is 9.47 Å². The fraction of sp³-hybridized carbons (Fsp3) is 0.263. The van der Waals surface area contributed by atoms with Crippen molar-refractivity contribution in [2.75, 3.05) is 13.2 Å². The van der Waals surface area contributed by atoms with Gasteiger partial charge in [0, 0.05) is 5.56 Å². The molecule has 2 aromatic carbocycles. The molecule has 1 heterocycles. The predicted molar refractivity (Wildman–Crippen MR) is 85.6 cm³/mol. The Labute approximate surface area is 126 Å². The lowest BCUT2D eigenvalue weighted by Crippen LogP contribution is -2.05. The average molecular weight is 280 g/mol. The van der Waals surface area contributed by atoms with Crippen LogP contribution >= 0.6 is 0 Å². The van der Waals surface area contributed by atoms with Gasteiger partial charge in [-0.2, -0.15) is 0 Å². The van der Waals surface area contributed by atoms with Crippen molar-refractivity contribution >= 4 is 6.08 Å². The van der Waals surface area contributed by atoms with Crippen LogP contribution in [0.2, 0.25) is 0 Å². The molecule has 108 valence electrons. The van der Waals surface area contributed by atoms with Crippen LogP contribution in [0.15, 0.2) is 54.6 Å². The molecule has 2 aromatic rings. The highest BCUT2D eigenvalue weighted by molar-refractivity contribution is 5.58. The SMILES string of the molecule is C/C=C/c1cc(Cc2ccccc2)ccc1OCC1CO1. The highest BCUT2D eigenvalue weighted by atomic mass is 16.6. The molecule has 0 aromatic heterocycles. The van der Waals surface area contributed by atoms with Crippen LogP contribution in [0.1, 0.15) is 23.6 Å². The summed E-state index contributed by atoms with van der Waals surface area (Å²) in [7, 11) is 0. The molecule has 0 spiro atoms. The number of hydrogen-bond donors (Lipinski definition) is 0. The third-order valence-corrected chi connectivity index (χ3v) is 3.50. The van der Waals surface area contributed by atoms with Gasteiger partial charge >= 0.3 is 0 Å². The smallest absolute Gasteiger partial charge is 0.126 e. The minimum atomic E-state index is 0.285. The molecule has 0 aliphatic carbocycles. The Morgan fingerprint density at radius 1 is 1.14 bits per heavy atom. The third kappa shape index (κ3) is 3.96. The number of benzene rings is 2. The molecule has 21 heavy (non-hydrogen) atoms. The molecule has 0 radical (unpaired) electrons. The van der Waals surface area contributed by atoms with E-state index in [1.807, 2.05) is 19.1 Å². The zero-order chi connectivity index (χ0) is 14.5. The van der Waals surface area contributed by atoms with Crippen LogP contribution in [0.4, 0.5) is 0 Å². The van der Waals surface area contributed by atoms with Crippen LogP contribution in [-0.2, 0) is 11.2 Å². The monoisotopic (exact) mass is 280 g/mol. The maximum Gasteiger partial charge on any atom is 0.126 e. The molecule has 3 rings (SSSR count). The normalized spacial score (nSPS) is 17.1. The average Bonchev–Trinajstić information content (AvgIpc) is 3.32. The highest BCUT2D eigenvalue weighted by Crippen LogP contribution is 2.24. The van der Waals surface area contributed by atoms with Crippen molar-refractivity contribution < 1.29 is 9.47 Å². The van der Waals surface area contributed by atoms with Crippen molar-refractivity contribution in [3.63, 3.8) is 0 Å². The van der Waals surface area contributed by atoms with Gasteiger partial charge in [-0.25, -0.2) is 0 Å². The number of rotatable bonds is 6. The summed E-state index contributed by atoms with van der Waals surface area (Å²) >= 11 is 0. The second-order valence-electron chi connectivity index (χ2n) is 5.30. The standard InChI is InChI=1S/C19H20O2/c1-2-6-17-12-16(11-15-7-4-3-5-8-15)9-10-19(17)21-14-18-13-20-18/h2-10,12,18H,11,13-14H2,1H3/b6-2+. The highest BCUT2D eigenvalue weighted by Gasteiger charge is 2.23. The van der Waals surface area contributed by atoms with Crippen LogP contribution in [-0.4, -0.2) is 19.3 Å². The van der Waals surface area contributed by atoms with Crippen molar-refractivity contribution in [1.29, 1.82) is 0 Å². The summed E-state index contributed by atoms with van der Waals surface area (Å²) in [6.07, 6.45) is 5.37. The molecule has 0 bridgehead atoms. The Morgan fingerprint density at radius 2 is 1.95 bits per heavy atom. The zero-order valence-electron chi connectivity index (χ0n) is 12.3. The van der Waals surface area contributed by atoms with Gasteiger partial charge in [-0.15, -0.1) is 0 Å². The molecule has 1 aliphatic heterocycles. The van der Waals surface area contributed by atoms with Gasteiger partial charge in [0.2, 0.25) is 0 Å². The summed E-state index contributed by atoms with van der Waals surface area (Å²) in [5.74, 6) is 0.931. The lowest BCUT2D eigenvalue weighted by molar-refractivity contribution is 0.262. The third-order valence-electron chi connectivity index (χ3n) is 3.50. The van der Waals surface area contributed by atoms with E-state index in [-0.39, 0.29) is 6.10 Å². The fourth-order valence-electron chi connectivity index (χ4n) is 2.33. The number of hydrogen-bond acceptors (Lipinski definition) is 2. The van der Waals surface area contributed by atoms with Gasteiger partial charge < -0.3 is 9.47 Å². The van der Waals surface area contributed by atoms with Crippen molar-refractivity contribution in [1.82, 2.24) is 0 Å². The Balaban J connectivity index is 1.77. The molecule has 0 N–H and O–H groups in total. The molecule has 1 aliphatic rings. The van der Waals surface area contributed by atoms with E-state index in [2.05, 4.69) is 48.5 Å². The van der Waals surface area contributed by atoms with Gasteiger partial charge in [-0.3, -0.25) is 0 Å². The zero-order valence-corrected chi connectivity index (χ0v) is 12.3. The molecule has 1 fully saturated rings. The summed E-state index contributed by atoms with van der Waals surface area (Å²) in [4.78, 5) is 0. The second kappa shape index (κ2) is 6.59. The molecule has 2 heteroatoms. The molecule has 2 nitrogen and oxygen atoms in total. The van der Waals surface area contributed by atoms with Gasteiger partial charge in [0.05, 0.1) is 6.61 Å². The maximum atomic E-state index is 5.84. The van der Waals surface area contributed by atoms with E-state index in [0.717, 1.165) is 24.3 Å². The summed E-state index contributed by atoms with van der Waals surface area (Å²) in [5, 5.41) is 0. The van der Waals surface area contributed by atoms with E-state index in [0.29, 0.717) is 6.61 Å². The minimum absolute atomic E-state index is 0.285. The summed E-state index contributed by atoms with van der Waals surface area (Å²) in [6, 6.07) is 16.9. The molecule has 1 unspecified atom stereocenters. The van der Waals surface area contributed by atoms with Gasteiger partial charge in [-0.1, -0.05) is 48.6 Å². The fourth-order valence-corrected chi connectivity index (χ4v) is 2.33.